The van der Waals surface area contributed by atoms with Crippen LogP contribution in [0.15, 0.2) is 6.07 Å². The molecular weight excluding hydrogens is 328 g/mol. The molecule has 0 saturated heterocycles. The van der Waals surface area contributed by atoms with Crippen LogP contribution in [-0.4, -0.2) is 37.8 Å². The molecule has 0 spiro atoms. The lowest BCUT2D eigenvalue weighted by Gasteiger charge is -2.24. The zero-order valence-corrected chi connectivity index (χ0v) is 13.6. The van der Waals surface area contributed by atoms with Crippen LogP contribution < -0.4 is 0 Å². The molecule has 0 aliphatic heterocycles. The van der Waals surface area contributed by atoms with Crippen molar-refractivity contribution in [3.8, 4) is 23.0 Å². The molecule has 0 unspecified atom stereocenters. The molecule has 0 saturated carbocycles. The molecule has 3 rings (SSSR count). The Morgan fingerprint density at radius 1 is 0.800 bits per heavy atom. The van der Waals surface area contributed by atoms with Crippen LogP contribution in [0.4, 0.5) is 0 Å². The Morgan fingerprint density at radius 2 is 1.32 bits per heavy atom. The van der Waals surface area contributed by atoms with Crippen molar-refractivity contribution in [2.75, 3.05) is 0 Å². The van der Waals surface area contributed by atoms with E-state index in [4.69, 9.17) is 0 Å². The molecule has 0 aromatic heterocycles. The minimum atomic E-state index is -0.970. The molecular formula is C18H14O7. The van der Waals surface area contributed by atoms with Gasteiger partial charge in [0, 0.05) is 16.7 Å². The Bertz CT molecular complexity index is 1020. The molecule has 2 aromatic rings. The molecule has 2 aromatic carbocycles. The summed E-state index contributed by atoms with van der Waals surface area (Å²) in [6.45, 7) is 3.99. The van der Waals surface area contributed by atoms with E-state index in [9.17, 15) is 34.8 Å². The summed E-state index contributed by atoms with van der Waals surface area (Å²) >= 11 is 0. The molecule has 7 nitrogen and oxygen atoms in total. The number of phenols is 4. The number of hydrogen-bond donors (Lipinski definition) is 4. The van der Waals surface area contributed by atoms with Gasteiger partial charge in [-0.1, -0.05) is 0 Å². The van der Waals surface area contributed by atoms with Crippen molar-refractivity contribution in [1.29, 1.82) is 0 Å². The van der Waals surface area contributed by atoms with Crippen LogP contribution in [0.5, 0.6) is 23.0 Å². The largest absolute Gasteiger partial charge is 0.508 e. The van der Waals surface area contributed by atoms with Crippen molar-refractivity contribution in [1.82, 2.24) is 0 Å². The predicted octanol–water partition coefficient (Wildman–Crippen LogP) is 2.10. The van der Waals surface area contributed by atoms with E-state index in [0.717, 1.165) is 6.92 Å². The minimum absolute atomic E-state index is 0.0253. The Morgan fingerprint density at radius 3 is 1.88 bits per heavy atom. The second-order valence-electron chi connectivity index (χ2n) is 5.97. The SMILES string of the molecule is CC(=O)c1c(O)c(O)c2c(c1O)C(=O)c1c(C)cc(O)c(C)c1C2=O. The number of aromatic hydroxyl groups is 4. The van der Waals surface area contributed by atoms with Gasteiger partial charge in [-0.15, -0.1) is 0 Å². The van der Waals surface area contributed by atoms with Gasteiger partial charge in [0.25, 0.3) is 0 Å². The first kappa shape index (κ1) is 16.5. The molecule has 0 atom stereocenters. The van der Waals surface area contributed by atoms with Crippen LogP contribution >= 0.6 is 0 Å². The molecule has 1 aliphatic carbocycles. The van der Waals surface area contributed by atoms with E-state index in [1.54, 1.807) is 0 Å². The number of Topliss-reactive ketones (excluding diaryl/α,β-unsaturated/α-hetero) is 1. The fourth-order valence-corrected chi connectivity index (χ4v) is 3.21. The Hall–Kier alpha value is -3.35. The van der Waals surface area contributed by atoms with Crippen LogP contribution in [-0.2, 0) is 0 Å². The molecule has 4 N–H and O–H groups in total. The first-order chi connectivity index (χ1) is 11.6. The fourth-order valence-electron chi connectivity index (χ4n) is 3.21. The molecule has 0 heterocycles. The Kier molecular flexibility index (Phi) is 3.35. The summed E-state index contributed by atoms with van der Waals surface area (Å²) in [5.41, 5.74) is -1.45. The highest BCUT2D eigenvalue weighted by Gasteiger charge is 2.40. The van der Waals surface area contributed by atoms with E-state index in [1.165, 1.54) is 19.9 Å². The van der Waals surface area contributed by atoms with E-state index in [1.807, 2.05) is 0 Å². The van der Waals surface area contributed by atoms with E-state index in [2.05, 4.69) is 0 Å². The molecule has 7 heteroatoms. The summed E-state index contributed by atoms with van der Waals surface area (Å²) in [5, 5.41) is 40.4. The number of rotatable bonds is 1. The van der Waals surface area contributed by atoms with Gasteiger partial charge < -0.3 is 20.4 Å². The summed E-state index contributed by atoms with van der Waals surface area (Å²) in [7, 11) is 0. The average molecular weight is 342 g/mol. The normalized spacial score (nSPS) is 12.8. The van der Waals surface area contributed by atoms with Crippen LogP contribution in [0.3, 0.4) is 0 Å². The monoisotopic (exact) mass is 342 g/mol. The summed E-state index contributed by atoms with van der Waals surface area (Å²) in [5.74, 6) is -5.37. The number of ketones is 3. The van der Waals surface area contributed by atoms with Crippen molar-refractivity contribution in [3.05, 3.63) is 45.0 Å². The summed E-state index contributed by atoms with van der Waals surface area (Å²) in [4.78, 5) is 37.4. The smallest absolute Gasteiger partial charge is 0.198 e. The topological polar surface area (TPSA) is 132 Å². The van der Waals surface area contributed by atoms with Gasteiger partial charge in [-0.05, 0) is 32.4 Å². The number of carbonyl (C=O) groups excluding carboxylic acids is 3. The highest BCUT2D eigenvalue weighted by atomic mass is 16.3. The third kappa shape index (κ3) is 1.95. The van der Waals surface area contributed by atoms with Gasteiger partial charge in [-0.3, -0.25) is 14.4 Å². The lowest BCUT2D eigenvalue weighted by atomic mass is 9.78. The first-order valence-corrected chi connectivity index (χ1v) is 7.33. The van der Waals surface area contributed by atoms with Gasteiger partial charge in [0.1, 0.15) is 17.1 Å². The second-order valence-corrected chi connectivity index (χ2v) is 5.97. The Labute approximate surface area is 141 Å². The zero-order valence-electron chi connectivity index (χ0n) is 13.6. The third-order valence-electron chi connectivity index (χ3n) is 4.44. The predicted molar refractivity (Wildman–Crippen MR) is 85.9 cm³/mol. The molecule has 0 bridgehead atoms. The zero-order chi connectivity index (χ0) is 18.8. The van der Waals surface area contributed by atoms with Gasteiger partial charge in [0.2, 0.25) is 0 Å². The molecule has 1 aliphatic rings. The maximum atomic E-state index is 12.9. The molecule has 128 valence electrons. The summed E-state index contributed by atoms with van der Waals surface area (Å²) in [6, 6.07) is 1.31. The lowest BCUT2D eigenvalue weighted by Crippen LogP contribution is -2.24. The van der Waals surface area contributed by atoms with Crippen molar-refractivity contribution >= 4 is 17.3 Å². The van der Waals surface area contributed by atoms with E-state index >= 15 is 0 Å². The van der Waals surface area contributed by atoms with Gasteiger partial charge in [0.05, 0.1) is 11.1 Å². The second kappa shape index (κ2) is 5.07. The van der Waals surface area contributed by atoms with Crippen LogP contribution in [0.2, 0.25) is 0 Å². The fraction of sp³-hybridized carbons (Fsp3) is 0.167. The lowest BCUT2D eigenvalue weighted by molar-refractivity contribution is 0.0968. The molecule has 0 amide bonds. The highest BCUT2D eigenvalue weighted by molar-refractivity contribution is 6.32. The maximum absolute atomic E-state index is 12.9. The number of carbonyl (C=O) groups is 3. The van der Waals surface area contributed by atoms with E-state index in [0.29, 0.717) is 5.56 Å². The number of fused-ring (bicyclic) bond motifs is 2. The number of hydrogen-bond acceptors (Lipinski definition) is 7. The highest BCUT2D eigenvalue weighted by Crippen LogP contribution is 2.48. The Balaban J connectivity index is 2.51. The van der Waals surface area contributed by atoms with Gasteiger partial charge in [-0.25, -0.2) is 0 Å². The number of aryl methyl sites for hydroxylation is 1. The van der Waals surface area contributed by atoms with Crippen LogP contribution in [0.1, 0.15) is 60.3 Å². The van der Waals surface area contributed by atoms with Crippen molar-refractivity contribution < 1.29 is 34.8 Å². The summed E-state index contributed by atoms with van der Waals surface area (Å²) in [6.07, 6.45) is 0. The average Bonchev–Trinajstić information content (AvgIpc) is 2.51. The third-order valence-corrected chi connectivity index (χ3v) is 4.44. The number of phenolic OH excluding ortho intramolecular Hbond substituents is 4. The van der Waals surface area contributed by atoms with E-state index < -0.39 is 51.3 Å². The quantitative estimate of drug-likeness (QED) is 0.302. The first-order valence-electron chi connectivity index (χ1n) is 7.33. The standard InChI is InChI=1S/C18H14O7/c1-5-4-8(20)6(2)10-9(5)14(21)12-13(15(10)22)18(25)17(24)11(7(3)19)16(12)23/h4,20,23-25H,1-3H3. The van der Waals surface area contributed by atoms with Crippen molar-refractivity contribution in [3.63, 3.8) is 0 Å². The van der Waals surface area contributed by atoms with Crippen LogP contribution in [0.25, 0.3) is 0 Å². The van der Waals surface area contributed by atoms with Gasteiger partial charge in [0.15, 0.2) is 28.8 Å². The van der Waals surface area contributed by atoms with Crippen molar-refractivity contribution in [2.24, 2.45) is 0 Å². The van der Waals surface area contributed by atoms with Crippen LogP contribution in [0, 0.1) is 13.8 Å². The maximum Gasteiger partial charge on any atom is 0.198 e. The van der Waals surface area contributed by atoms with E-state index in [-0.39, 0.29) is 22.4 Å². The van der Waals surface area contributed by atoms with Gasteiger partial charge in [-0.2, -0.15) is 0 Å². The molecule has 25 heavy (non-hydrogen) atoms. The van der Waals surface area contributed by atoms with Gasteiger partial charge >= 0.3 is 0 Å². The minimum Gasteiger partial charge on any atom is -0.508 e. The molecule has 0 radical (unpaired) electrons. The number of benzene rings is 2. The molecule has 0 fully saturated rings. The summed E-state index contributed by atoms with van der Waals surface area (Å²) < 4.78 is 0. The van der Waals surface area contributed by atoms with Crippen molar-refractivity contribution in [2.45, 2.75) is 20.8 Å².